The lowest BCUT2D eigenvalue weighted by Gasteiger charge is -2.44. The molecule has 2 saturated carbocycles. The molecule has 142 valence electrons. The van der Waals surface area contributed by atoms with E-state index >= 15 is 0 Å². The molecule has 0 heterocycles. The van der Waals surface area contributed by atoms with E-state index in [2.05, 4.69) is 49.6 Å². The van der Waals surface area contributed by atoms with Crippen LogP contribution in [-0.2, 0) is 4.43 Å². The third kappa shape index (κ3) is 5.80. The molecule has 0 bridgehead atoms. The van der Waals surface area contributed by atoms with Crippen molar-refractivity contribution in [2.45, 2.75) is 104 Å². The lowest BCUT2D eigenvalue weighted by Crippen LogP contribution is -2.79. The van der Waals surface area contributed by atoms with Crippen molar-refractivity contribution in [3.8, 4) is 0 Å². The second kappa shape index (κ2) is 9.67. The molecule has 0 spiro atoms. The van der Waals surface area contributed by atoms with Gasteiger partial charge in [-0.3, -0.25) is 14.9 Å². The van der Waals surface area contributed by atoms with Gasteiger partial charge in [-0.2, -0.15) is 0 Å². The molecule has 4 unspecified atom stereocenters. The summed E-state index contributed by atoms with van der Waals surface area (Å²) in [6, 6.07) is 1.16. The molecule has 0 aromatic carbocycles. The fraction of sp³-hybridized carbons (Fsp3) is 1.00. The Morgan fingerprint density at radius 3 is 1.71 bits per heavy atom. The minimum absolute atomic E-state index is 0.230. The molecular weight excluding hydrogens is 314 g/mol. The molecule has 2 aliphatic carbocycles. The van der Waals surface area contributed by atoms with Gasteiger partial charge in [0.25, 0.3) is 0 Å². The van der Waals surface area contributed by atoms with Crippen LogP contribution in [0.5, 0.6) is 0 Å². The molecule has 2 aliphatic rings. The molecule has 0 aromatic rings. The zero-order valence-corrected chi connectivity index (χ0v) is 17.7. The average molecular weight is 356 g/mol. The summed E-state index contributed by atoms with van der Waals surface area (Å²) in [5.74, 6) is 1.48. The molecule has 3 N–H and O–H groups in total. The van der Waals surface area contributed by atoms with E-state index in [0.29, 0.717) is 12.1 Å². The van der Waals surface area contributed by atoms with Crippen molar-refractivity contribution in [3.05, 3.63) is 0 Å². The van der Waals surface area contributed by atoms with E-state index in [-0.39, 0.29) is 6.10 Å². The van der Waals surface area contributed by atoms with Crippen LogP contribution in [0.15, 0.2) is 0 Å². The summed E-state index contributed by atoms with van der Waals surface area (Å²) in [6.07, 6.45) is 10.9. The minimum atomic E-state index is -2.37. The average Bonchev–Trinajstić information content (AvgIpc) is 2.51. The van der Waals surface area contributed by atoms with E-state index in [1.54, 1.807) is 0 Å². The second-order valence-corrected chi connectivity index (χ2v) is 10.9. The number of nitrogens with one attached hydrogen (secondary N) is 3. The van der Waals surface area contributed by atoms with Gasteiger partial charge in [-0.05, 0) is 57.9 Å². The normalized spacial score (nSPS) is 34.2. The van der Waals surface area contributed by atoms with Crippen molar-refractivity contribution in [3.63, 3.8) is 0 Å². The third-order valence-corrected chi connectivity index (χ3v) is 9.07. The standard InChI is InChI=1S/C19H41N3OSi/c1-6-20-24(23-15(2)3,21-18-13-9-7-11-16(18)4)22-19-14-10-8-12-17(19)5/h15-22H,6-14H2,1-5H3. The summed E-state index contributed by atoms with van der Waals surface area (Å²) in [7, 11) is -2.37. The Morgan fingerprint density at radius 2 is 1.33 bits per heavy atom. The molecule has 0 aliphatic heterocycles. The van der Waals surface area contributed by atoms with Crippen LogP contribution in [0.2, 0.25) is 0 Å². The first-order valence-corrected chi connectivity index (χ1v) is 12.3. The van der Waals surface area contributed by atoms with E-state index in [1.807, 2.05) is 0 Å². The zero-order valence-electron chi connectivity index (χ0n) is 16.7. The smallest absolute Gasteiger partial charge is 0.378 e. The van der Waals surface area contributed by atoms with Crippen molar-refractivity contribution in [1.82, 2.24) is 14.9 Å². The maximum absolute atomic E-state index is 6.59. The summed E-state index contributed by atoms with van der Waals surface area (Å²) in [4.78, 5) is 11.8. The van der Waals surface area contributed by atoms with Crippen molar-refractivity contribution >= 4 is 8.80 Å². The molecule has 2 fully saturated rings. The highest BCUT2D eigenvalue weighted by Gasteiger charge is 2.44. The highest BCUT2D eigenvalue weighted by Crippen LogP contribution is 2.27. The molecule has 0 saturated heterocycles. The summed E-state index contributed by atoms with van der Waals surface area (Å²) >= 11 is 0. The van der Waals surface area contributed by atoms with Gasteiger partial charge in [0.15, 0.2) is 0 Å². The van der Waals surface area contributed by atoms with Crippen LogP contribution in [0.3, 0.4) is 0 Å². The minimum Gasteiger partial charge on any atom is -0.378 e. The first-order valence-electron chi connectivity index (χ1n) is 10.4. The van der Waals surface area contributed by atoms with Crippen LogP contribution in [0.25, 0.3) is 0 Å². The van der Waals surface area contributed by atoms with E-state index in [0.717, 1.165) is 18.4 Å². The molecule has 0 radical (unpaired) electrons. The lowest BCUT2D eigenvalue weighted by atomic mass is 9.87. The van der Waals surface area contributed by atoms with Crippen LogP contribution >= 0.6 is 0 Å². The van der Waals surface area contributed by atoms with Gasteiger partial charge in [-0.15, -0.1) is 0 Å². The van der Waals surface area contributed by atoms with Gasteiger partial charge >= 0.3 is 8.80 Å². The molecule has 4 atom stereocenters. The zero-order chi connectivity index (χ0) is 17.6. The monoisotopic (exact) mass is 355 g/mol. The second-order valence-electron chi connectivity index (χ2n) is 8.40. The van der Waals surface area contributed by atoms with Crippen LogP contribution in [0.4, 0.5) is 0 Å². The van der Waals surface area contributed by atoms with E-state index in [9.17, 15) is 0 Å². The summed E-state index contributed by atoms with van der Waals surface area (Å²) in [5, 5.41) is 0. The van der Waals surface area contributed by atoms with Crippen LogP contribution in [0.1, 0.15) is 86.0 Å². The van der Waals surface area contributed by atoms with Gasteiger partial charge in [0.2, 0.25) is 0 Å². The van der Waals surface area contributed by atoms with Crippen molar-refractivity contribution < 1.29 is 4.43 Å². The van der Waals surface area contributed by atoms with Crippen molar-refractivity contribution in [2.75, 3.05) is 6.54 Å². The summed E-state index contributed by atoms with van der Waals surface area (Å²) in [6.45, 7) is 12.3. The number of hydrogen-bond acceptors (Lipinski definition) is 4. The van der Waals surface area contributed by atoms with Crippen molar-refractivity contribution in [1.29, 1.82) is 0 Å². The Hall–Kier alpha value is 0.0569. The van der Waals surface area contributed by atoms with E-state index in [1.165, 1.54) is 51.4 Å². The summed E-state index contributed by atoms with van der Waals surface area (Å²) in [5.41, 5.74) is 0. The summed E-state index contributed by atoms with van der Waals surface area (Å²) < 4.78 is 6.59. The Kier molecular flexibility index (Phi) is 8.21. The Morgan fingerprint density at radius 1 is 0.875 bits per heavy atom. The Labute approximate surface area is 151 Å². The largest absolute Gasteiger partial charge is 0.440 e. The Bertz CT molecular complexity index is 343. The van der Waals surface area contributed by atoms with Gasteiger partial charge in [0.1, 0.15) is 0 Å². The van der Waals surface area contributed by atoms with E-state index < -0.39 is 8.80 Å². The SMILES string of the molecule is CCN[Si](NC1CCCCC1C)(NC1CCCCC1C)OC(C)C. The highest BCUT2D eigenvalue weighted by molar-refractivity contribution is 6.66. The molecule has 5 heteroatoms. The van der Waals surface area contributed by atoms with E-state index in [4.69, 9.17) is 4.43 Å². The predicted molar refractivity (Wildman–Crippen MR) is 105 cm³/mol. The number of hydrogen-bond donors (Lipinski definition) is 3. The van der Waals surface area contributed by atoms with Gasteiger partial charge in [-0.1, -0.05) is 46.5 Å². The van der Waals surface area contributed by atoms with Crippen LogP contribution in [0, 0.1) is 11.8 Å². The maximum Gasteiger partial charge on any atom is 0.440 e. The van der Waals surface area contributed by atoms with Gasteiger partial charge < -0.3 is 4.43 Å². The van der Waals surface area contributed by atoms with Crippen molar-refractivity contribution in [2.24, 2.45) is 11.8 Å². The molecule has 0 aromatic heterocycles. The molecule has 4 nitrogen and oxygen atoms in total. The topological polar surface area (TPSA) is 45.3 Å². The fourth-order valence-corrected chi connectivity index (χ4v) is 8.05. The molecule has 2 rings (SSSR count). The quantitative estimate of drug-likeness (QED) is 0.580. The third-order valence-electron chi connectivity index (χ3n) is 5.84. The van der Waals surface area contributed by atoms with Gasteiger partial charge in [0.05, 0.1) is 0 Å². The number of rotatable bonds is 8. The molecule has 0 amide bonds. The van der Waals surface area contributed by atoms with Crippen LogP contribution in [-0.4, -0.2) is 33.5 Å². The Balaban J connectivity index is 2.14. The first-order chi connectivity index (χ1) is 11.5. The fourth-order valence-electron chi connectivity index (χ4n) is 4.44. The maximum atomic E-state index is 6.59. The van der Waals surface area contributed by atoms with Gasteiger partial charge in [0, 0.05) is 18.2 Å². The molecular formula is C19H41N3OSi. The van der Waals surface area contributed by atoms with Crippen LogP contribution < -0.4 is 14.9 Å². The lowest BCUT2D eigenvalue weighted by molar-refractivity contribution is 0.174. The first kappa shape index (κ1) is 20.4. The highest BCUT2D eigenvalue weighted by atomic mass is 28.4. The molecule has 24 heavy (non-hydrogen) atoms. The predicted octanol–water partition coefficient (Wildman–Crippen LogP) is 3.79. The van der Waals surface area contributed by atoms with Gasteiger partial charge in [-0.25, -0.2) is 0 Å².